The Morgan fingerprint density at radius 1 is 1.07 bits per heavy atom. The Bertz CT molecular complexity index is 1070. The highest BCUT2D eigenvalue weighted by molar-refractivity contribution is 5.85. The molecule has 6 nitrogen and oxygen atoms in total. The average molecular weight is 381 g/mol. The molecule has 1 aliphatic rings. The molecule has 0 amide bonds. The zero-order chi connectivity index (χ0) is 19.7. The Hall–Kier alpha value is -2.99. The molecule has 28 heavy (non-hydrogen) atoms. The Labute approximate surface area is 162 Å². The molecule has 0 atom stereocenters. The summed E-state index contributed by atoms with van der Waals surface area (Å²) in [6.07, 6.45) is 3.76. The minimum absolute atomic E-state index is 0.142. The predicted molar refractivity (Wildman–Crippen MR) is 107 cm³/mol. The molecule has 3 aromatic rings. The van der Waals surface area contributed by atoms with Gasteiger partial charge in [-0.3, -0.25) is 9.69 Å². The van der Waals surface area contributed by atoms with Crippen LogP contribution >= 0.6 is 0 Å². The van der Waals surface area contributed by atoms with E-state index in [0.29, 0.717) is 45.7 Å². The van der Waals surface area contributed by atoms with Gasteiger partial charge in [0, 0.05) is 6.54 Å². The fraction of sp³-hybridized carbons (Fsp3) is 0.318. The van der Waals surface area contributed by atoms with Gasteiger partial charge < -0.3 is 19.0 Å². The van der Waals surface area contributed by atoms with Crippen molar-refractivity contribution in [1.29, 1.82) is 0 Å². The molecule has 1 N–H and O–H groups in total. The first-order valence-electron chi connectivity index (χ1n) is 9.33. The van der Waals surface area contributed by atoms with E-state index in [-0.39, 0.29) is 11.2 Å². The summed E-state index contributed by atoms with van der Waals surface area (Å²) in [5.41, 5.74) is 2.08. The summed E-state index contributed by atoms with van der Waals surface area (Å²) in [6, 6.07) is 8.50. The smallest absolute Gasteiger partial charge is 0.200 e. The lowest BCUT2D eigenvalue weighted by Gasteiger charge is -2.16. The molecule has 1 fully saturated rings. The first-order chi connectivity index (χ1) is 13.6. The lowest BCUT2D eigenvalue weighted by atomic mass is 10.0. The molecular formula is C22H23NO5. The Morgan fingerprint density at radius 3 is 2.54 bits per heavy atom. The van der Waals surface area contributed by atoms with Gasteiger partial charge in [-0.15, -0.1) is 0 Å². The van der Waals surface area contributed by atoms with Gasteiger partial charge in [-0.1, -0.05) is 6.07 Å². The van der Waals surface area contributed by atoms with Crippen LogP contribution in [-0.4, -0.2) is 37.3 Å². The van der Waals surface area contributed by atoms with Crippen molar-refractivity contribution in [2.24, 2.45) is 0 Å². The number of ether oxygens (including phenoxy) is 2. The Kier molecular flexibility index (Phi) is 4.96. The normalized spacial score (nSPS) is 14.5. The number of likely N-dealkylation sites (tertiary alicyclic amines) is 1. The number of fused-ring (bicyclic) bond motifs is 1. The van der Waals surface area contributed by atoms with Crippen molar-refractivity contribution in [2.45, 2.75) is 19.4 Å². The molecule has 1 aromatic heterocycles. The molecule has 1 saturated heterocycles. The van der Waals surface area contributed by atoms with E-state index >= 15 is 0 Å². The third-order valence-electron chi connectivity index (χ3n) is 5.29. The largest absolute Gasteiger partial charge is 0.507 e. The van der Waals surface area contributed by atoms with Gasteiger partial charge >= 0.3 is 0 Å². The van der Waals surface area contributed by atoms with Gasteiger partial charge in [0.2, 0.25) is 5.43 Å². The van der Waals surface area contributed by atoms with Crippen LogP contribution in [0.15, 0.2) is 45.8 Å². The second kappa shape index (κ2) is 7.56. The molecule has 1 aliphatic heterocycles. The van der Waals surface area contributed by atoms with Crippen LogP contribution in [0.1, 0.15) is 18.4 Å². The SMILES string of the molecule is COc1ccc(-c2coc3c(CN4CCCC4)c(O)ccc3c2=O)cc1OC. The van der Waals surface area contributed by atoms with Crippen LogP contribution in [0.25, 0.3) is 22.1 Å². The number of phenolic OH excluding ortho intramolecular Hbond substituents is 1. The van der Waals surface area contributed by atoms with E-state index in [2.05, 4.69) is 4.90 Å². The third-order valence-corrected chi connectivity index (χ3v) is 5.29. The van der Waals surface area contributed by atoms with E-state index in [1.807, 2.05) is 0 Å². The number of hydrogen-bond donors (Lipinski definition) is 1. The van der Waals surface area contributed by atoms with E-state index in [9.17, 15) is 9.90 Å². The van der Waals surface area contributed by atoms with Gasteiger partial charge in [-0.05, 0) is 55.8 Å². The molecule has 0 radical (unpaired) electrons. The van der Waals surface area contributed by atoms with Crippen LogP contribution in [-0.2, 0) is 6.54 Å². The zero-order valence-electron chi connectivity index (χ0n) is 16.0. The lowest BCUT2D eigenvalue weighted by Crippen LogP contribution is -2.19. The molecule has 6 heteroatoms. The van der Waals surface area contributed by atoms with E-state index in [1.165, 1.54) is 6.26 Å². The Balaban J connectivity index is 1.81. The maximum Gasteiger partial charge on any atom is 0.200 e. The standard InChI is InChI=1S/C22H23NO5/c1-26-19-8-5-14(11-20(19)27-2)17-13-28-22-15(21(17)25)6-7-18(24)16(22)12-23-9-3-4-10-23/h5-8,11,13,24H,3-4,9-10,12H2,1-2H3. The molecule has 0 aliphatic carbocycles. The summed E-state index contributed by atoms with van der Waals surface area (Å²) in [7, 11) is 3.12. The first kappa shape index (κ1) is 18.4. The van der Waals surface area contributed by atoms with Gasteiger partial charge in [0.25, 0.3) is 0 Å². The Morgan fingerprint density at radius 2 is 1.82 bits per heavy atom. The van der Waals surface area contributed by atoms with Gasteiger partial charge in [0.05, 0.1) is 30.7 Å². The molecule has 0 unspecified atom stereocenters. The van der Waals surface area contributed by atoms with Crippen LogP contribution in [0.2, 0.25) is 0 Å². The summed E-state index contributed by atoms with van der Waals surface area (Å²) in [6.45, 7) is 2.55. The number of methoxy groups -OCH3 is 2. The maximum absolute atomic E-state index is 13.2. The van der Waals surface area contributed by atoms with Gasteiger partial charge in [0.15, 0.2) is 11.5 Å². The molecule has 0 spiro atoms. The highest BCUT2D eigenvalue weighted by atomic mass is 16.5. The van der Waals surface area contributed by atoms with Crippen molar-refractivity contribution >= 4 is 11.0 Å². The molecule has 146 valence electrons. The highest BCUT2D eigenvalue weighted by Gasteiger charge is 2.19. The second-order valence-electron chi connectivity index (χ2n) is 6.97. The van der Waals surface area contributed by atoms with Crippen LogP contribution in [0.3, 0.4) is 0 Å². The van der Waals surface area contributed by atoms with Gasteiger partial charge in [0.1, 0.15) is 17.6 Å². The maximum atomic E-state index is 13.2. The quantitative estimate of drug-likeness (QED) is 0.725. The topological polar surface area (TPSA) is 72.1 Å². The van der Waals surface area contributed by atoms with Crippen molar-refractivity contribution in [2.75, 3.05) is 27.3 Å². The van der Waals surface area contributed by atoms with E-state index in [4.69, 9.17) is 13.9 Å². The van der Waals surface area contributed by atoms with Crippen molar-refractivity contribution < 1.29 is 19.0 Å². The van der Waals surface area contributed by atoms with Crippen molar-refractivity contribution in [3.05, 3.63) is 52.4 Å². The van der Waals surface area contributed by atoms with Crippen LogP contribution in [0.4, 0.5) is 0 Å². The van der Waals surface area contributed by atoms with Crippen LogP contribution in [0, 0.1) is 0 Å². The number of phenols is 1. The van der Waals surface area contributed by atoms with Crippen molar-refractivity contribution in [1.82, 2.24) is 4.90 Å². The molecule has 2 heterocycles. The van der Waals surface area contributed by atoms with Crippen molar-refractivity contribution in [3.63, 3.8) is 0 Å². The molecule has 4 rings (SSSR count). The predicted octanol–water partition coefficient (Wildman–Crippen LogP) is 3.78. The van der Waals surface area contributed by atoms with Crippen molar-refractivity contribution in [3.8, 4) is 28.4 Å². The molecular weight excluding hydrogens is 358 g/mol. The molecule has 2 aromatic carbocycles. The number of rotatable bonds is 5. The average Bonchev–Trinajstić information content (AvgIpc) is 3.23. The number of benzene rings is 2. The first-order valence-corrected chi connectivity index (χ1v) is 9.33. The monoisotopic (exact) mass is 381 g/mol. The minimum Gasteiger partial charge on any atom is -0.507 e. The van der Waals surface area contributed by atoms with E-state index < -0.39 is 0 Å². The summed E-state index contributed by atoms with van der Waals surface area (Å²) >= 11 is 0. The number of aromatic hydroxyl groups is 1. The van der Waals surface area contributed by atoms with E-state index in [1.54, 1.807) is 44.6 Å². The number of hydrogen-bond acceptors (Lipinski definition) is 6. The summed E-state index contributed by atoms with van der Waals surface area (Å²) in [5, 5.41) is 10.8. The highest BCUT2D eigenvalue weighted by Crippen LogP contribution is 2.33. The third kappa shape index (κ3) is 3.20. The summed E-state index contributed by atoms with van der Waals surface area (Å²) in [5.74, 6) is 1.29. The van der Waals surface area contributed by atoms with Gasteiger partial charge in [-0.2, -0.15) is 0 Å². The minimum atomic E-state index is -0.142. The van der Waals surface area contributed by atoms with Crippen LogP contribution in [0.5, 0.6) is 17.2 Å². The van der Waals surface area contributed by atoms with E-state index in [0.717, 1.165) is 25.9 Å². The molecule has 0 bridgehead atoms. The summed E-state index contributed by atoms with van der Waals surface area (Å²) in [4.78, 5) is 15.4. The van der Waals surface area contributed by atoms with Crippen LogP contribution < -0.4 is 14.9 Å². The lowest BCUT2D eigenvalue weighted by molar-refractivity contribution is 0.323. The number of nitrogens with zero attached hydrogens (tertiary/aromatic N) is 1. The zero-order valence-corrected chi connectivity index (χ0v) is 16.0. The fourth-order valence-corrected chi connectivity index (χ4v) is 3.77. The van der Waals surface area contributed by atoms with Gasteiger partial charge in [-0.25, -0.2) is 0 Å². The second-order valence-corrected chi connectivity index (χ2v) is 6.97. The fourth-order valence-electron chi connectivity index (χ4n) is 3.77. The summed E-state index contributed by atoms with van der Waals surface area (Å²) < 4.78 is 16.5. The molecule has 0 saturated carbocycles.